The molecule has 1 aliphatic carbocycles. The van der Waals surface area contributed by atoms with Gasteiger partial charge < -0.3 is 5.11 Å². The molecule has 1 fully saturated rings. The first-order valence-electron chi connectivity index (χ1n) is 5.15. The largest absolute Gasteiger partial charge is 0.388 e. The van der Waals surface area contributed by atoms with E-state index in [0.29, 0.717) is 12.8 Å². The molecule has 1 aromatic rings. The van der Waals surface area contributed by atoms with E-state index in [0.717, 1.165) is 6.42 Å². The van der Waals surface area contributed by atoms with Gasteiger partial charge in [0.05, 0.1) is 6.10 Å². The van der Waals surface area contributed by atoms with Crippen LogP contribution >= 0.6 is 0 Å². The zero-order chi connectivity index (χ0) is 10.8. The lowest BCUT2D eigenvalue weighted by atomic mass is 9.93. The standard InChI is InChI=1S/C12H13FO2/c13-10-6-2-1-4-8(10)12(15)9-5-3-7-11(9)14/h1-2,4,6,9,12,15H,3,5,7H2/t9-,12+/m0/s1. The van der Waals surface area contributed by atoms with Crippen molar-refractivity contribution in [3.05, 3.63) is 35.6 Å². The van der Waals surface area contributed by atoms with Crippen molar-refractivity contribution in [3.8, 4) is 0 Å². The first-order valence-corrected chi connectivity index (χ1v) is 5.15. The number of carbonyl (C=O) groups excluding carboxylic acids is 1. The number of hydrogen-bond donors (Lipinski definition) is 1. The zero-order valence-electron chi connectivity index (χ0n) is 8.32. The van der Waals surface area contributed by atoms with E-state index in [4.69, 9.17) is 0 Å². The molecule has 2 nitrogen and oxygen atoms in total. The van der Waals surface area contributed by atoms with Crippen LogP contribution in [0.3, 0.4) is 0 Å². The Labute approximate surface area is 87.7 Å². The van der Waals surface area contributed by atoms with Gasteiger partial charge >= 0.3 is 0 Å². The Morgan fingerprint density at radius 3 is 2.73 bits per heavy atom. The second-order valence-corrected chi connectivity index (χ2v) is 3.93. The van der Waals surface area contributed by atoms with Crippen LogP contribution < -0.4 is 0 Å². The monoisotopic (exact) mass is 208 g/mol. The van der Waals surface area contributed by atoms with Crippen molar-refractivity contribution in [2.75, 3.05) is 0 Å². The Bertz CT molecular complexity index is 376. The summed E-state index contributed by atoms with van der Waals surface area (Å²) in [6, 6.07) is 6.08. The lowest BCUT2D eigenvalue weighted by Gasteiger charge is -2.17. The maximum atomic E-state index is 13.3. The average molecular weight is 208 g/mol. The number of halogens is 1. The summed E-state index contributed by atoms with van der Waals surface area (Å²) in [5, 5.41) is 9.91. The maximum absolute atomic E-state index is 13.3. The van der Waals surface area contributed by atoms with Gasteiger partial charge in [0.25, 0.3) is 0 Å². The molecule has 0 aromatic heterocycles. The van der Waals surface area contributed by atoms with Gasteiger partial charge in [-0.2, -0.15) is 0 Å². The molecular formula is C12H13FO2. The number of hydrogen-bond acceptors (Lipinski definition) is 2. The van der Waals surface area contributed by atoms with Crippen LogP contribution in [0.1, 0.15) is 30.9 Å². The summed E-state index contributed by atoms with van der Waals surface area (Å²) in [5.74, 6) is -0.808. The molecule has 0 bridgehead atoms. The molecule has 0 amide bonds. The molecular weight excluding hydrogens is 195 g/mol. The van der Waals surface area contributed by atoms with E-state index in [1.54, 1.807) is 12.1 Å². The summed E-state index contributed by atoms with van der Waals surface area (Å²) in [4.78, 5) is 11.4. The van der Waals surface area contributed by atoms with E-state index in [9.17, 15) is 14.3 Å². The van der Waals surface area contributed by atoms with Crippen molar-refractivity contribution in [1.29, 1.82) is 0 Å². The molecule has 0 spiro atoms. The van der Waals surface area contributed by atoms with Crippen LogP contribution in [-0.2, 0) is 4.79 Å². The van der Waals surface area contributed by atoms with E-state index in [-0.39, 0.29) is 11.3 Å². The van der Waals surface area contributed by atoms with Crippen LogP contribution in [-0.4, -0.2) is 10.9 Å². The normalized spacial score (nSPS) is 23.1. The summed E-state index contributed by atoms with van der Waals surface area (Å²) >= 11 is 0. The third-order valence-electron chi connectivity index (χ3n) is 2.96. The van der Waals surface area contributed by atoms with Gasteiger partial charge in [-0.25, -0.2) is 4.39 Å². The Hall–Kier alpha value is -1.22. The van der Waals surface area contributed by atoms with Gasteiger partial charge in [-0.05, 0) is 18.9 Å². The van der Waals surface area contributed by atoms with E-state index in [2.05, 4.69) is 0 Å². The molecule has 0 heterocycles. The fourth-order valence-electron chi connectivity index (χ4n) is 2.11. The summed E-state index contributed by atoms with van der Waals surface area (Å²) in [6.45, 7) is 0. The van der Waals surface area contributed by atoms with Crippen LogP contribution in [0.4, 0.5) is 4.39 Å². The van der Waals surface area contributed by atoms with E-state index in [1.807, 2.05) is 0 Å². The number of ketones is 1. The average Bonchev–Trinajstić information content (AvgIpc) is 2.64. The fourth-order valence-corrected chi connectivity index (χ4v) is 2.11. The molecule has 2 atom stereocenters. The lowest BCUT2D eigenvalue weighted by molar-refractivity contribution is -0.123. The van der Waals surface area contributed by atoms with Gasteiger partial charge in [-0.1, -0.05) is 18.2 Å². The minimum absolute atomic E-state index is 0.0470. The first kappa shape index (κ1) is 10.3. The van der Waals surface area contributed by atoms with E-state index >= 15 is 0 Å². The maximum Gasteiger partial charge on any atom is 0.138 e. The molecule has 2 rings (SSSR count). The molecule has 0 unspecified atom stereocenters. The van der Waals surface area contributed by atoms with Gasteiger partial charge in [-0.15, -0.1) is 0 Å². The van der Waals surface area contributed by atoms with Gasteiger partial charge in [0, 0.05) is 17.9 Å². The Morgan fingerprint density at radius 2 is 2.13 bits per heavy atom. The highest BCUT2D eigenvalue weighted by Gasteiger charge is 2.32. The van der Waals surface area contributed by atoms with Gasteiger partial charge in [0.1, 0.15) is 11.6 Å². The summed E-state index contributed by atoms with van der Waals surface area (Å²) < 4.78 is 13.3. The van der Waals surface area contributed by atoms with Gasteiger partial charge in [0.2, 0.25) is 0 Å². The fraction of sp³-hybridized carbons (Fsp3) is 0.417. The van der Waals surface area contributed by atoms with Crippen LogP contribution in [0.2, 0.25) is 0 Å². The van der Waals surface area contributed by atoms with Crippen LogP contribution in [0.5, 0.6) is 0 Å². The predicted octanol–water partition coefficient (Wildman–Crippen LogP) is 2.23. The molecule has 0 radical (unpaired) electrons. The van der Waals surface area contributed by atoms with Crippen molar-refractivity contribution in [3.63, 3.8) is 0 Å². The van der Waals surface area contributed by atoms with E-state index < -0.39 is 17.8 Å². The number of carbonyl (C=O) groups is 1. The summed E-state index contributed by atoms with van der Waals surface area (Å²) in [6.07, 6.45) is 0.987. The molecule has 80 valence electrons. The van der Waals surface area contributed by atoms with Crippen molar-refractivity contribution in [1.82, 2.24) is 0 Å². The first-order chi connectivity index (χ1) is 7.20. The quantitative estimate of drug-likeness (QED) is 0.809. The predicted molar refractivity (Wildman–Crippen MR) is 53.7 cm³/mol. The van der Waals surface area contributed by atoms with Crippen LogP contribution in [0, 0.1) is 11.7 Å². The van der Waals surface area contributed by atoms with E-state index in [1.165, 1.54) is 12.1 Å². The molecule has 1 N–H and O–H groups in total. The lowest BCUT2D eigenvalue weighted by Crippen LogP contribution is -2.17. The van der Waals surface area contributed by atoms with Crippen molar-refractivity contribution >= 4 is 5.78 Å². The minimum atomic E-state index is -0.985. The van der Waals surface area contributed by atoms with Crippen LogP contribution in [0.15, 0.2) is 24.3 Å². The minimum Gasteiger partial charge on any atom is -0.388 e. The topological polar surface area (TPSA) is 37.3 Å². The molecule has 0 aliphatic heterocycles. The molecule has 1 aliphatic rings. The summed E-state index contributed by atoms with van der Waals surface area (Å²) in [7, 11) is 0. The third-order valence-corrected chi connectivity index (χ3v) is 2.96. The van der Waals surface area contributed by atoms with Gasteiger partial charge in [0.15, 0.2) is 0 Å². The number of Topliss-reactive ketones (excluding diaryl/α,β-unsaturated/α-hetero) is 1. The zero-order valence-corrected chi connectivity index (χ0v) is 8.32. The Balaban J connectivity index is 2.24. The second-order valence-electron chi connectivity index (χ2n) is 3.93. The van der Waals surface area contributed by atoms with Crippen molar-refractivity contribution < 1.29 is 14.3 Å². The van der Waals surface area contributed by atoms with Gasteiger partial charge in [-0.3, -0.25) is 4.79 Å². The third kappa shape index (κ3) is 1.92. The smallest absolute Gasteiger partial charge is 0.138 e. The molecule has 15 heavy (non-hydrogen) atoms. The highest BCUT2D eigenvalue weighted by atomic mass is 19.1. The Kier molecular flexibility index (Phi) is 2.82. The van der Waals surface area contributed by atoms with Crippen LogP contribution in [0.25, 0.3) is 0 Å². The number of aliphatic hydroxyl groups is 1. The number of rotatable bonds is 2. The SMILES string of the molecule is O=C1CCC[C@@H]1[C@H](O)c1ccccc1F. The number of aliphatic hydroxyl groups excluding tert-OH is 1. The second kappa shape index (κ2) is 4.11. The number of benzene rings is 1. The molecule has 0 saturated heterocycles. The molecule has 1 saturated carbocycles. The summed E-state index contributed by atoms with van der Waals surface area (Å²) in [5.41, 5.74) is 0.234. The highest BCUT2D eigenvalue weighted by molar-refractivity contribution is 5.83. The van der Waals surface area contributed by atoms with Crippen molar-refractivity contribution in [2.24, 2.45) is 5.92 Å². The highest BCUT2D eigenvalue weighted by Crippen LogP contribution is 2.33. The Morgan fingerprint density at radius 1 is 1.40 bits per heavy atom. The van der Waals surface area contributed by atoms with Crippen molar-refractivity contribution in [2.45, 2.75) is 25.4 Å². The molecule has 3 heteroatoms. The molecule has 1 aromatic carbocycles.